The van der Waals surface area contributed by atoms with Crippen LogP contribution >= 0.6 is 23.2 Å². The number of carbonyl (C=O) groups is 1. The number of H-pyrrole nitrogens is 1. The van der Waals surface area contributed by atoms with Crippen molar-refractivity contribution in [1.82, 2.24) is 15.5 Å². The number of benzene rings is 3. The molecule has 0 aliphatic heterocycles. The summed E-state index contributed by atoms with van der Waals surface area (Å²) in [6.07, 6.45) is 0. The molecule has 7 heteroatoms. The zero-order valence-corrected chi connectivity index (χ0v) is 20.4. The SMILES string of the molecule is CC(C(=O)NCC(c1ccc(Cl)cc1)C(C)c1ccc(Cl)cc1)c1n[nH]c(=O)c2ccccc12. The normalized spacial score (nSPS) is 13.9. The van der Waals surface area contributed by atoms with Gasteiger partial charge < -0.3 is 5.32 Å². The van der Waals surface area contributed by atoms with E-state index in [1.165, 1.54) is 0 Å². The largest absolute Gasteiger partial charge is 0.355 e. The third kappa shape index (κ3) is 5.16. The van der Waals surface area contributed by atoms with E-state index < -0.39 is 5.92 Å². The van der Waals surface area contributed by atoms with Crippen molar-refractivity contribution in [2.45, 2.75) is 31.6 Å². The Morgan fingerprint density at radius 1 is 0.882 bits per heavy atom. The summed E-state index contributed by atoms with van der Waals surface area (Å²) in [7, 11) is 0. The first-order valence-corrected chi connectivity index (χ1v) is 11.9. The number of hydrogen-bond donors (Lipinski definition) is 2. The summed E-state index contributed by atoms with van der Waals surface area (Å²) in [5.74, 6) is -0.582. The van der Waals surface area contributed by atoms with Crippen LogP contribution in [0.4, 0.5) is 0 Å². The molecular formula is C27H25Cl2N3O2. The minimum Gasteiger partial charge on any atom is -0.355 e. The monoisotopic (exact) mass is 493 g/mol. The summed E-state index contributed by atoms with van der Waals surface area (Å²) in [6.45, 7) is 4.35. The first-order chi connectivity index (χ1) is 16.3. The second-order valence-electron chi connectivity index (χ2n) is 8.45. The number of nitrogens with one attached hydrogen (secondary N) is 2. The molecule has 0 radical (unpaired) electrons. The number of halogens is 2. The van der Waals surface area contributed by atoms with Crippen molar-refractivity contribution >= 4 is 39.9 Å². The van der Waals surface area contributed by atoms with Crippen LogP contribution in [0.15, 0.2) is 77.6 Å². The Balaban J connectivity index is 1.58. The highest BCUT2D eigenvalue weighted by Crippen LogP contribution is 2.34. The Kier molecular flexibility index (Phi) is 7.35. The molecule has 0 aliphatic carbocycles. The lowest BCUT2D eigenvalue weighted by atomic mass is 9.82. The second-order valence-corrected chi connectivity index (χ2v) is 9.32. The summed E-state index contributed by atoms with van der Waals surface area (Å²) in [6, 6.07) is 22.6. The second kappa shape index (κ2) is 10.4. The van der Waals surface area contributed by atoms with Crippen LogP contribution in [-0.2, 0) is 4.79 Å². The summed E-state index contributed by atoms with van der Waals surface area (Å²) >= 11 is 12.2. The van der Waals surface area contributed by atoms with Crippen molar-refractivity contribution in [3.05, 3.63) is 110 Å². The fraction of sp³-hybridized carbons (Fsp3) is 0.222. The summed E-state index contributed by atoms with van der Waals surface area (Å²) in [5, 5.41) is 12.3. The molecule has 1 amide bonds. The van der Waals surface area contributed by atoms with Crippen LogP contribution in [0.5, 0.6) is 0 Å². The molecule has 3 unspecified atom stereocenters. The van der Waals surface area contributed by atoms with Crippen LogP contribution < -0.4 is 10.9 Å². The number of aromatic nitrogens is 2. The lowest BCUT2D eigenvalue weighted by Crippen LogP contribution is -2.34. The topological polar surface area (TPSA) is 74.8 Å². The van der Waals surface area contributed by atoms with Crippen molar-refractivity contribution in [2.75, 3.05) is 6.54 Å². The Morgan fingerprint density at radius 2 is 1.44 bits per heavy atom. The maximum Gasteiger partial charge on any atom is 0.272 e. The molecule has 1 aromatic heterocycles. The standard InChI is InChI=1S/C27H25Cl2N3O2/c1-16(18-7-11-20(28)12-8-18)24(19-9-13-21(29)14-10-19)15-30-26(33)17(2)25-22-5-3-4-6-23(22)27(34)32-31-25/h3-14,16-17,24H,15H2,1-2H3,(H,30,33)(H,32,34). The van der Waals surface area contributed by atoms with Gasteiger partial charge in [-0.1, -0.05) is 72.6 Å². The quantitative estimate of drug-likeness (QED) is 0.329. The third-order valence-electron chi connectivity index (χ3n) is 6.32. The number of rotatable bonds is 7. The molecule has 5 nitrogen and oxygen atoms in total. The molecule has 1 heterocycles. The van der Waals surface area contributed by atoms with Crippen molar-refractivity contribution < 1.29 is 4.79 Å². The molecule has 3 atom stereocenters. The van der Waals surface area contributed by atoms with E-state index in [9.17, 15) is 9.59 Å². The average Bonchev–Trinajstić information content (AvgIpc) is 2.85. The molecule has 0 bridgehead atoms. The summed E-state index contributed by atoms with van der Waals surface area (Å²) in [4.78, 5) is 25.3. The van der Waals surface area contributed by atoms with Gasteiger partial charge in [0.05, 0.1) is 17.0 Å². The molecule has 4 rings (SSSR count). The van der Waals surface area contributed by atoms with Crippen LogP contribution in [0.3, 0.4) is 0 Å². The molecule has 2 N–H and O–H groups in total. The highest BCUT2D eigenvalue weighted by Gasteiger charge is 2.25. The van der Waals surface area contributed by atoms with Crippen LogP contribution in [0.25, 0.3) is 10.8 Å². The first-order valence-electron chi connectivity index (χ1n) is 11.1. The van der Waals surface area contributed by atoms with Gasteiger partial charge in [0.25, 0.3) is 5.56 Å². The Hall–Kier alpha value is -3.15. The summed E-state index contributed by atoms with van der Waals surface area (Å²) < 4.78 is 0. The van der Waals surface area contributed by atoms with Gasteiger partial charge in [0.1, 0.15) is 0 Å². The molecular weight excluding hydrogens is 469 g/mol. The van der Waals surface area contributed by atoms with Crippen molar-refractivity contribution in [3.8, 4) is 0 Å². The van der Waals surface area contributed by atoms with Crippen LogP contribution in [-0.4, -0.2) is 22.6 Å². The van der Waals surface area contributed by atoms with Gasteiger partial charge in [-0.25, -0.2) is 5.10 Å². The van der Waals surface area contributed by atoms with Gasteiger partial charge in [-0.05, 0) is 54.3 Å². The fourth-order valence-corrected chi connectivity index (χ4v) is 4.50. The van der Waals surface area contributed by atoms with Gasteiger partial charge in [-0.2, -0.15) is 5.10 Å². The van der Waals surface area contributed by atoms with E-state index >= 15 is 0 Å². The van der Waals surface area contributed by atoms with Gasteiger partial charge in [0.2, 0.25) is 5.91 Å². The number of nitrogens with zero attached hydrogens (tertiary/aromatic N) is 1. The van der Waals surface area contributed by atoms with E-state index in [2.05, 4.69) is 22.4 Å². The molecule has 0 saturated heterocycles. The number of aromatic amines is 1. The number of hydrogen-bond acceptors (Lipinski definition) is 3. The Labute approximate surface area is 208 Å². The predicted molar refractivity (Wildman–Crippen MR) is 138 cm³/mol. The Bertz CT molecular complexity index is 1350. The molecule has 0 spiro atoms. The van der Waals surface area contributed by atoms with E-state index in [4.69, 9.17) is 23.2 Å². The Morgan fingerprint density at radius 3 is 2.06 bits per heavy atom. The van der Waals surface area contributed by atoms with E-state index in [-0.39, 0.29) is 23.3 Å². The third-order valence-corrected chi connectivity index (χ3v) is 6.83. The number of amides is 1. The maximum absolute atomic E-state index is 13.2. The fourth-order valence-electron chi connectivity index (χ4n) is 4.25. The molecule has 4 aromatic rings. The van der Waals surface area contributed by atoms with Crippen molar-refractivity contribution in [3.63, 3.8) is 0 Å². The summed E-state index contributed by atoms with van der Waals surface area (Å²) in [5.41, 5.74) is 2.47. The molecule has 0 saturated carbocycles. The smallest absolute Gasteiger partial charge is 0.272 e. The van der Waals surface area contributed by atoms with E-state index in [0.717, 1.165) is 11.1 Å². The van der Waals surface area contributed by atoms with Crippen LogP contribution in [0.1, 0.15) is 48.4 Å². The minimum absolute atomic E-state index is 0.00914. The highest BCUT2D eigenvalue weighted by molar-refractivity contribution is 6.30. The zero-order chi connectivity index (χ0) is 24.2. The molecule has 34 heavy (non-hydrogen) atoms. The van der Waals surface area contributed by atoms with E-state index in [0.29, 0.717) is 33.1 Å². The van der Waals surface area contributed by atoms with Gasteiger partial charge in [-0.3, -0.25) is 9.59 Å². The van der Waals surface area contributed by atoms with Gasteiger partial charge in [0, 0.05) is 27.9 Å². The lowest BCUT2D eigenvalue weighted by molar-refractivity contribution is -0.122. The molecule has 3 aromatic carbocycles. The number of fused-ring (bicyclic) bond motifs is 1. The average molecular weight is 494 g/mol. The highest BCUT2D eigenvalue weighted by atomic mass is 35.5. The van der Waals surface area contributed by atoms with Gasteiger partial charge in [-0.15, -0.1) is 0 Å². The number of carbonyl (C=O) groups excluding carboxylic acids is 1. The lowest BCUT2D eigenvalue weighted by Gasteiger charge is -2.26. The van der Waals surface area contributed by atoms with Crippen LogP contribution in [0.2, 0.25) is 10.0 Å². The predicted octanol–water partition coefficient (Wildman–Crippen LogP) is 6.04. The minimum atomic E-state index is -0.543. The maximum atomic E-state index is 13.2. The zero-order valence-electron chi connectivity index (χ0n) is 18.9. The van der Waals surface area contributed by atoms with E-state index in [1.54, 1.807) is 19.1 Å². The molecule has 174 valence electrons. The molecule has 0 aliphatic rings. The molecule has 0 fully saturated rings. The first kappa shape index (κ1) is 24.0. The van der Waals surface area contributed by atoms with Gasteiger partial charge >= 0.3 is 0 Å². The van der Waals surface area contributed by atoms with E-state index in [1.807, 2.05) is 60.7 Å². The van der Waals surface area contributed by atoms with Crippen LogP contribution in [0, 0.1) is 0 Å². The van der Waals surface area contributed by atoms with Gasteiger partial charge in [0.15, 0.2) is 0 Å². The van der Waals surface area contributed by atoms with Crippen molar-refractivity contribution in [1.29, 1.82) is 0 Å². The van der Waals surface area contributed by atoms with Crippen molar-refractivity contribution in [2.24, 2.45) is 0 Å².